The highest BCUT2D eigenvalue weighted by molar-refractivity contribution is 4.64. The van der Waals surface area contributed by atoms with Crippen molar-refractivity contribution in [2.24, 2.45) is 0 Å². The van der Waals surface area contributed by atoms with E-state index in [4.69, 9.17) is 0 Å². The van der Waals surface area contributed by atoms with Gasteiger partial charge in [0.15, 0.2) is 0 Å². The van der Waals surface area contributed by atoms with Crippen molar-refractivity contribution in [3.05, 3.63) is 0 Å². The van der Waals surface area contributed by atoms with Crippen molar-refractivity contribution >= 4 is 0 Å². The van der Waals surface area contributed by atoms with Crippen LogP contribution >= 0.6 is 0 Å². The molecule has 0 amide bonds. The van der Waals surface area contributed by atoms with Crippen LogP contribution in [0.25, 0.3) is 0 Å². The van der Waals surface area contributed by atoms with Gasteiger partial charge >= 0.3 is 0 Å². The molecule has 0 heterocycles. The number of nitrogens with one attached hydrogen (secondary N) is 1. The van der Waals surface area contributed by atoms with Gasteiger partial charge in [-0.05, 0) is 12.8 Å². The monoisotopic (exact) mass is 159 g/mol. The highest BCUT2D eigenvalue weighted by Crippen LogP contribution is 1.96. The van der Waals surface area contributed by atoms with Crippen LogP contribution in [0.4, 0.5) is 0 Å². The van der Waals surface area contributed by atoms with E-state index in [-0.39, 0.29) is 0 Å². The lowest BCUT2D eigenvalue weighted by Gasteiger charge is -2.17. The Balaban J connectivity index is 0. The molecule has 0 fully saturated rings. The Kier molecular flexibility index (Phi) is 12.3. The van der Waals surface area contributed by atoms with Gasteiger partial charge in [-0.25, -0.2) is 0 Å². The van der Waals surface area contributed by atoms with Gasteiger partial charge < -0.3 is 5.32 Å². The Morgan fingerprint density at radius 3 is 1.45 bits per heavy atom. The highest BCUT2D eigenvalue weighted by Gasteiger charge is 2.02. The average molecular weight is 159 g/mol. The van der Waals surface area contributed by atoms with Crippen LogP contribution < -0.4 is 5.32 Å². The fraction of sp³-hybridized carbons (Fsp3) is 1.00. The molecule has 1 N–H and O–H groups in total. The highest BCUT2D eigenvalue weighted by atomic mass is 14.9. The Labute approximate surface area is 72.6 Å². The van der Waals surface area contributed by atoms with E-state index in [1.165, 1.54) is 12.8 Å². The van der Waals surface area contributed by atoms with Gasteiger partial charge in [-0.3, -0.25) is 0 Å². The van der Waals surface area contributed by atoms with E-state index in [1.807, 2.05) is 13.8 Å². The molecule has 0 rings (SSSR count). The third-order valence-corrected chi connectivity index (χ3v) is 1.55. The zero-order valence-electron chi connectivity index (χ0n) is 9.07. The largest absolute Gasteiger partial charge is 0.312 e. The van der Waals surface area contributed by atoms with E-state index >= 15 is 0 Å². The molecule has 0 unspecified atom stereocenters. The quantitative estimate of drug-likeness (QED) is 0.664. The van der Waals surface area contributed by atoms with Crippen molar-refractivity contribution in [1.29, 1.82) is 0 Å². The summed E-state index contributed by atoms with van der Waals surface area (Å²) in [5, 5.41) is 3.48. The first kappa shape index (κ1) is 13.5. The summed E-state index contributed by atoms with van der Waals surface area (Å²) in [4.78, 5) is 0. The number of rotatable bonds is 4. The summed E-state index contributed by atoms with van der Waals surface area (Å²) in [6.07, 6.45) is 2.49. The standard InChI is InChI=1S/C8H19N.C2H6/c1-5-8(6-2)9-7(3)4;1-2/h7-9H,5-6H2,1-4H3;1-2H3. The van der Waals surface area contributed by atoms with Crippen molar-refractivity contribution < 1.29 is 0 Å². The Bertz CT molecular complexity index is 55.9. The van der Waals surface area contributed by atoms with E-state index in [0.29, 0.717) is 6.04 Å². The van der Waals surface area contributed by atoms with Crippen LogP contribution in [0.3, 0.4) is 0 Å². The molecule has 0 radical (unpaired) electrons. The van der Waals surface area contributed by atoms with E-state index < -0.39 is 0 Å². The molecule has 1 nitrogen and oxygen atoms in total. The Morgan fingerprint density at radius 1 is 1.00 bits per heavy atom. The van der Waals surface area contributed by atoms with Gasteiger partial charge in [-0.15, -0.1) is 0 Å². The maximum atomic E-state index is 3.48. The van der Waals surface area contributed by atoms with E-state index in [0.717, 1.165) is 6.04 Å². The van der Waals surface area contributed by atoms with Crippen LogP contribution in [-0.2, 0) is 0 Å². The zero-order valence-corrected chi connectivity index (χ0v) is 9.07. The summed E-state index contributed by atoms with van der Waals surface area (Å²) in [7, 11) is 0. The second kappa shape index (κ2) is 9.96. The first-order valence-electron chi connectivity index (χ1n) is 4.96. The van der Waals surface area contributed by atoms with Crippen LogP contribution in [-0.4, -0.2) is 12.1 Å². The molecule has 0 saturated heterocycles. The van der Waals surface area contributed by atoms with E-state index in [1.54, 1.807) is 0 Å². The second-order valence-corrected chi connectivity index (χ2v) is 2.83. The van der Waals surface area contributed by atoms with Crippen molar-refractivity contribution in [2.45, 2.75) is 66.5 Å². The average Bonchev–Trinajstić information content (AvgIpc) is 2.03. The molecule has 0 aromatic heterocycles. The molecule has 0 aliphatic carbocycles. The van der Waals surface area contributed by atoms with Crippen molar-refractivity contribution in [1.82, 2.24) is 5.32 Å². The van der Waals surface area contributed by atoms with Crippen molar-refractivity contribution in [3.8, 4) is 0 Å². The maximum absolute atomic E-state index is 3.48. The maximum Gasteiger partial charge on any atom is 0.00641 e. The molecule has 0 spiro atoms. The fourth-order valence-corrected chi connectivity index (χ4v) is 0.996. The molecule has 0 saturated carbocycles. The number of hydrogen-bond acceptors (Lipinski definition) is 1. The smallest absolute Gasteiger partial charge is 0.00641 e. The first-order chi connectivity index (χ1) is 5.20. The minimum Gasteiger partial charge on any atom is -0.312 e. The Hall–Kier alpha value is -0.0400. The SMILES string of the molecule is CC.CCC(CC)NC(C)C. The van der Waals surface area contributed by atoms with Gasteiger partial charge in [0, 0.05) is 12.1 Å². The van der Waals surface area contributed by atoms with Crippen LogP contribution in [0.1, 0.15) is 54.4 Å². The van der Waals surface area contributed by atoms with Crippen LogP contribution in [0.2, 0.25) is 0 Å². The predicted molar refractivity (Wildman–Crippen MR) is 54.0 cm³/mol. The summed E-state index contributed by atoms with van der Waals surface area (Å²) < 4.78 is 0. The summed E-state index contributed by atoms with van der Waals surface area (Å²) in [5.41, 5.74) is 0. The molecule has 0 atom stereocenters. The van der Waals surface area contributed by atoms with Gasteiger partial charge in [0.05, 0.1) is 0 Å². The van der Waals surface area contributed by atoms with Gasteiger partial charge in [0.2, 0.25) is 0 Å². The fourth-order valence-electron chi connectivity index (χ4n) is 0.996. The normalized spacial score (nSPS) is 9.82. The van der Waals surface area contributed by atoms with E-state index in [9.17, 15) is 0 Å². The summed E-state index contributed by atoms with van der Waals surface area (Å²) in [5.74, 6) is 0. The van der Waals surface area contributed by atoms with E-state index in [2.05, 4.69) is 33.0 Å². The molecule has 0 aliphatic rings. The molecule has 0 bridgehead atoms. The lowest BCUT2D eigenvalue weighted by Crippen LogP contribution is -2.33. The molecule has 70 valence electrons. The molecule has 0 aliphatic heterocycles. The predicted octanol–water partition coefficient (Wildman–Crippen LogP) is 3.20. The lowest BCUT2D eigenvalue weighted by atomic mass is 10.1. The third-order valence-electron chi connectivity index (χ3n) is 1.55. The molecule has 1 heteroatoms. The Morgan fingerprint density at radius 2 is 1.36 bits per heavy atom. The molecular weight excluding hydrogens is 134 g/mol. The second-order valence-electron chi connectivity index (χ2n) is 2.83. The first-order valence-corrected chi connectivity index (χ1v) is 4.96. The van der Waals surface area contributed by atoms with Gasteiger partial charge in [-0.1, -0.05) is 41.5 Å². The summed E-state index contributed by atoms with van der Waals surface area (Å²) >= 11 is 0. The summed E-state index contributed by atoms with van der Waals surface area (Å²) in [6.45, 7) is 12.8. The summed E-state index contributed by atoms with van der Waals surface area (Å²) in [6, 6.07) is 1.36. The lowest BCUT2D eigenvalue weighted by molar-refractivity contribution is 0.441. The third kappa shape index (κ3) is 9.96. The molecule has 11 heavy (non-hydrogen) atoms. The van der Waals surface area contributed by atoms with Crippen LogP contribution in [0.5, 0.6) is 0 Å². The minimum absolute atomic E-state index is 0.634. The number of hydrogen-bond donors (Lipinski definition) is 1. The van der Waals surface area contributed by atoms with Gasteiger partial charge in [-0.2, -0.15) is 0 Å². The zero-order chi connectivity index (χ0) is 9.28. The molecular formula is C10H25N. The topological polar surface area (TPSA) is 12.0 Å². The molecule has 0 aromatic rings. The van der Waals surface area contributed by atoms with Gasteiger partial charge in [0.1, 0.15) is 0 Å². The van der Waals surface area contributed by atoms with Crippen molar-refractivity contribution in [3.63, 3.8) is 0 Å². The van der Waals surface area contributed by atoms with Crippen LogP contribution in [0, 0.1) is 0 Å². The minimum atomic E-state index is 0.634. The van der Waals surface area contributed by atoms with Crippen molar-refractivity contribution in [2.75, 3.05) is 0 Å². The van der Waals surface area contributed by atoms with Crippen LogP contribution in [0.15, 0.2) is 0 Å². The molecule has 0 aromatic carbocycles. The van der Waals surface area contributed by atoms with Gasteiger partial charge in [0.25, 0.3) is 0 Å².